The molecule has 13 nitrogen and oxygen atoms in total. The lowest BCUT2D eigenvalue weighted by atomic mass is 9.83. The fourth-order valence-electron chi connectivity index (χ4n) is 5.92. The maximum Gasteiger partial charge on any atom is 0.256 e. The number of aliphatic hydroxyl groups is 1. The van der Waals surface area contributed by atoms with Gasteiger partial charge >= 0.3 is 0 Å². The topological polar surface area (TPSA) is 160 Å². The molecule has 2 saturated carbocycles. The van der Waals surface area contributed by atoms with Crippen LogP contribution in [0.25, 0.3) is 22.6 Å². The second-order valence-electron chi connectivity index (χ2n) is 12.7. The minimum atomic E-state index is -3.48. The number of anilines is 3. The largest absolute Gasteiger partial charge is 0.390 e. The van der Waals surface area contributed by atoms with Gasteiger partial charge in [0.25, 0.3) is 10.0 Å². The summed E-state index contributed by atoms with van der Waals surface area (Å²) in [5.41, 5.74) is 3.61. The van der Waals surface area contributed by atoms with E-state index < -0.39 is 15.6 Å². The Morgan fingerprint density at radius 1 is 1.00 bits per heavy atom. The van der Waals surface area contributed by atoms with E-state index >= 15 is 0 Å². The van der Waals surface area contributed by atoms with E-state index in [1.165, 1.54) is 12.4 Å². The molecule has 0 bridgehead atoms. The minimum Gasteiger partial charge on any atom is -0.390 e. The maximum absolute atomic E-state index is 12.6. The van der Waals surface area contributed by atoms with Gasteiger partial charge in [0.05, 0.1) is 47.7 Å². The number of aromatic nitrogens is 6. The van der Waals surface area contributed by atoms with E-state index in [1.54, 1.807) is 12.3 Å². The molecule has 3 N–H and O–H groups in total. The van der Waals surface area contributed by atoms with Gasteiger partial charge < -0.3 is 20.5 Å². The average molecular weight is 646 g/mol. The zero-order valence-electron chi connectivity index (χ0n) is 25.8. The smallest absolute Gasteiger partial charge is 0.256 e. The lowest BCUT2D eigenvalue weighted by Crippen LogP contribution is -2.35. The number of morpholine rings is 1. The van der Waals surface area contributed by atoms with E-state index in [-0.39, 0.29) is 11.3 Å². The summed E-state index contributed by atoms with van der Waals surface area (Å²) in [6.45, 7) is 6.09. The van der Waals surface area contributed by atoms with Crippen molar-refractivity contribution in [1.29, 1.82) is 0 Å². The van der Waals surface area contributed by atoms with Gasteiger partial charge in [0.2, 0.25) is 0 Å². The molecule has 0 unspecified atom stereocenters. The summed E-state index contributed by atoms with van der Waals surface area (Å²) in [6, 6.07) is 8.04. The average Bonchev–Trinajstić information content (AvgIpc) is 3.80. The first-order chi connectivity index (χ1) is 22.2. The highest BCUT2D eigenvalue weighted by atomic mass is 32.2. The lowest BCUT2D eigenvalue weighted by molar-refractivity contribution is 0.0196. The van der Waals surface area contributed by atoms with Crippen LogP contribution in [-0.4, -0.2) is 90.7 Å². The Morgan fingerprint density at radius 3 is 2.54 bits per heavy atom. The molecule has 1 aliphatic heterocycles. The summed E-state index contributed by atoms with van der Waals surface area (Å²) in [7, 11) is -3.48. The molecule has 242 valence electrons. The first kappa shape index (κ1) is 30.7. The zero-order valence-corrected chi connectivity index (χ0v) is 26.7. The molecule has 0 atom stereocenters. The van der Waals surface area contributed by atoms with Crippen molar-refractivity contribution in [2.75, 3.05) is 36.9 Å². The monoisotopic (exact) mass is 645 g/mol. The van der Waals surface area contributed by atoms with Crippen LogP contribution in [-0.2, 0) is 21.3 Å². The number of ether oxygens (including phenoxy) is 1. The Kier molecular flexibility index (Phi) is 8.44. The number of nitrogens with zero attached hydrogens (tertiary/aromatic N) is 7. The number of nitrogens with one attached hydrogen (secondary N) is 2. The van der Waals surface area contributed by atoms with Crippen LogP contribution in [0.15, 0.2) is 55.2 Å². The van der Waals surface area contributed by atoms with Crippen molar-refractivity contribution >= 4 is 27.3 Å². The van der Waals surface area contributed by atoms with Gasteiger partial charge in [-0.15, -0.1) is 0 Å². The lowest BCUT2D eigenvalue weighted by Gasteiger charge is -2.34. The molecule has 2 aliphatic carbocycles. The second kappa shape index (κ2) is 12.7. The van der Waals surface area contributed by atoms with Crippen molar-refractivity contribution in [2.24, 2.45) is 0 Å². The Hall–Kier alpha value is -3.98. The number of pyridine rings is 2. The van der Waals surface area contributed by atoms with E-state index in [0.717, 1.165) is 85.1 Å². The normalized spacial score (nSPS) is 22.4. The summed E-state index contributed by atoms with van der Waals surface area (Å²) in [5.74, 6) is 1.44. The van der Waals surface area contributed by atoms with E-state index in [4.69, 9.17) is 14.7 Å². The van der Waals surface area contributed by atoms with E-state index in [1.807, 2.05) is 31.5 Å². The third-order valence-electron chi connectivity index (χ3n) is 8.87. The SMILES string of the molecule is CC1(O)CCC(Nc2cc(Nc3ccnc(-c4cnn(S(=O)(=O)C5CC5)c4)n3)ncc2-c2ccc(CN3CCOCC3)cn2)CC1. The summed E-state index contributed by atoms with van der Waals surface area (Å²) in [6.07, 6.45) is 12.8. The van der Waals surface area contributed by atoms with Crippen LogP contribution < -0.4 is 10.6 Å². The fraction of sp³-hybridized carbons (Fsp3) is 0.469. The van der Waals surface area contributed by atoms with Gasteiger partial charge in [-0.1, -0.05) is 6.07 Å². The first-order valence-corrected chi connectivity index (χ1v) is 17.4. The Bertz CT molecular complexity index is 1780. The van der Waals surface area contributed by atoms with E-state index in [0.29, 0.717) is 35.9 Å². The van der Waals surface area contributed by atoms with Gasteiger partial charge in [-0.2, -0.15) is 9.19 Å². The first-order valence-electron chi connectivity index (χ1n) is 15.9. The van der Waals surface area contributed by atoms with Gasteiger partial charge in [-0.05, 0) is 63.1 Å². The minimum absolute atomic E-state index is 0.198. The molecule has 0 amide bonds. The van der Waals surface area contributed by atoms with Gasteiger partial charge in [-0.25, -0.2) is 23.4 Å². The quantitative estimate of drug-likeness (QED) is 0.229. The summed E-state index contributed by atoms with van der Waals surface area (Å²) < 4.78 is 31.7. The van der Waals surface area contributed by atoms with Crippen LogP contribution in [0.5, 0.6) is 0 Å². The predicted molar refractivity (Wildman–Crippen MR) is 174 cm³/mol. The molecule has 3 fully saturated rings. The fourth-order valence-corrected chi connectivity index (χ4v) is 7.40. The number of hydrogen-bond acceptors (Lipinski definition) is 12. The molecule has 46 heavy (non-hydrogen) atoms. The Morgan fingerprint density at radius 2 is 1.80 bits per heavy atom. The molecule has 7 rings (SSSR count). The molecule has 0 spiro atoms. The number of hydrogen-bond donors (Lipinski definition) is 3. The van der Waals surface area contributed by atoms with Gasteiger partial charge in [0, 0.05) is 61.6 Å². The van der Waals surface area contributed by atoms with E-state index in [2.05, 4.69) is 36.7 Å². The molecular formula is C32H39N9O4S. The summed E-state index contributed by atoms with van der Waals surface area (Å²) in [4.78, 5) is 20.8. The third-order valence-corrected chi connectivity index (χ3v) is 10.9. The standard InChI is InChI=1S/C32H39N9O4S/c1-32(42)9-6-24(7-10-32)37-28-16-30(35-19-26(28)27-5-2-22(17-34-27)20-40-12-14-45-15-13-40)38-29-8-11-33-31(39-29)23-18-36-41(21-23)46(43,44)25-3-4-25/h2,5,8,11,16-19,21,24-25,42H,3-4,6-7,9-10,12-15,20H2,1H3,(H2,33,35,37,38,39). The number of rotatable bonds is 10. The highest BCUT2D eigenvalue weighted by molar-refractivity contribution is 7.90. The second-order valence-corrected chi connectivity index (χ2v) is 14.8. The van der Waals surface area contributed by atoms with Gasteiger partial charge in [0.1, 0.15) is 11.6 Å². The summed E-state index contributed by atoms with van der Waals surface area (Å²) >= 11 is 0. The highest BCUT2D eigenvalue weighted by Crippen LogP contribution is 2.34. The molecule has 4 aromatic rings. The van der Waals surface area contributed by atoms with Crippen LogP contribution in [0, 0.1) is 0 Å². The molecule has 5 heterocycles. The molecular weight excluding hydrogens is 606 g/mol. The van der Waals surface area contributed by atoms with Gasteiger partial charge in [-0.3, -0.25) is 9.88 Å². The van der Waals surface area contributed by atoms with Crippen LogP contribution >= 0.6 is 0 Å². The van der Waals surface area contributed by atoms with Crippen molar-refractivity contribution in [3.63, 3.8) is 0 Å². The highest BCUT2D eigenvalue weighted by Gasteiger charge is 2.37. The van der Waals surface area contributed by atoms with Crippen LogP contribution in [0.1, 0.15) is 51.0 Å². The molecule has 3 aliphatic rings. The molecule has 0 radical (unpaired) electrons. The molecule has 4 aromatic heterocycles. The van der Waals surface area contributed by atoms with Crippen molar-refractivity contribution < 1.29 is 18.3 Å². The van der Waals surface area contributed by atoms with Crippen molar-refractivity contribution in [3.8, 4) is 22.6 Å². The molecule has 1 saturated heterocycles. The third kappa shape index (κ3) is 7.04. The summed E-state index contributed by atoms with van der Waals surface area (Å²) in [5, 5.41) is 21.2. The Balaban J connectivity index is 1.12. The van der Waals surface area contributed by atoms with Crippen molar-refractivity contribution in [2.45, 2.75) is 68.9 Å². The van der Waals surface area contributed by atoms with Gasteiger partial charge in [0.15, 0.2) is 5.82 Å². The van der Waals surface area contributed by atoms with Crippen molar-refractivity contribution in [1.82, 2.24) is 34.0 Å². The predicted octanol–water partition coefficient (Wildman–Crippen LogP) is 3.82. The maximum atomic E-state index is 12.6. The molecule has 0 aromatic carbocycles. The Labute approximate surface area is 268 Å². The van der Waals surface area contributed by atoms with Crippen LogP contribution in [0.3, 0.4) is 0 Å². The van der Waals surface area contributed by atoms with E-state index in [9.17, 15) is 13.5 Å². The van der Waals surface area contributed by atoms with Crippen LogP contribution in [0.4, 0.5) is 17.3 Å². The van der Waals surface area contributed by atoms with Crippen molar-refractivity contribution in [3.05, 3.63) is 60.8 Å². The van der Waals surface area contributed by atoms with Crippen LogP contribution in [0.2, 0.25) is 0 Å². The molecule has 14 heteroatoms. The zero-order chi connectivity index (χ0) is 31.7.